The first kappa shape index (κ1) is 33.7. The van der Waals surface area contributed by atoms with Gasteiger partial charge in [0, 0.05) is 45.8 Å². The molecule has 0 spiro atoms. The molecule has 12 nitrogen and oxygen atoms in total. The van der Waals surface area contributed by atoms with Gasteiger partial charge < -0.3 is 26.1 Å². The van der Waals surface area contributed by atoms with Crippen molar-refractivity contribution in [2.45, 2.75) is 58.1 Å². The number of pyridine rings is 1. The molecule has 2 heterocycles. The minimum Gasteiger partial charge on any atom is -0.459 e. The predicted octanol–water partition coefficient (Wildman–Crippen LogP) is 2.73. The number of aryl methyl sites for hydroxylation is 1. The number of carbonyl (C=O) groups is 2. The second kappa shape index (κ2) is 14.6. The van der Waals surface area contributed by atoms with Crippen LogP contribution in [0.1, 0.15) is 47.6 Å². The number of nitrogens with one attached hydrogen (secondary N) is 2. The fourth-order valence-electron chi connectivity index (χ4n) is 3.65. The number of alkyl halides is 5. The van der Waals surface area contributed by atoms with E-state index in [-0.39, 0.29) is 44.0 Å². The molecule has 17 heteroatoms. The van der Waals surface area contributed by atoms with Crippen LogP contribution in [0, 0.1) is 0 Å². The monoisotopic (exact) mass is 625 g/mol. The van der Waals surface area contributed by atoms with Crippen molar-refractivity contribution < 1.29 is 36.3 Å². The number of hydrogen-bond acceptors (Lipinski definition) is 9. The maximum absolute atomic E-state index is 14.5. The van der Waals surface area contributed by atoms with Gasteiger partial charge in [0.2, 0.25) is 5.85 Å². The number of hydrazine groups is 1. The molecule has 0 aliphatic heterocycles. The van der Waals surface area contributed by atoms with Crippen LogP contribution in [-0.4, -0.2) is 55.4 Å². The van der Waals surface area contributed by atoms with Gasteiger partial charge in [0.05, 0.1) is 30.5 Å². The second-order valence-corrected chi connectivity index (χ2v) is 10.0. The third-order valence-corrected chi connectivity index (χ3v) is 5.73. The highest BCUT2D eigenvalue weighted by atomic mass is 19.4. The first-order chi connectivity index (χ1) is 20.6. The Bertz CT molecular complexity index is 1440. The molecular weight excluding hydrogens is 593 g/mol. The summed E-state index contributed by atoms with van der Waals surface area (Å²) in [6.07, 6.45) is -2.80. The Balaban J connectivity index is 1.40. The second-order valence-electron chi connectivity index (χ2n) is 10.0. The number of amides is 2. The fourth-order valence-corrected chi connectivity index (χ4v) is 3.65. The summed E-state index contributed by atoms with van der Waals surface area (Å²) >= 11 is 0. The van der Waals surface area contributed by atoms with Crippen LogP contribution in [0.4, 0.5) is 22.0 Å². The highest BCUT2D eigenvalue weighted by molar-refractivity contribution is 5.92. The maximum Gasteiger partial charge on any atom is 0.416 e. The SMILES string of the molecule is CC(C)(F)Oc1ccc(CNC(=O)c2cn(CCC(F)CN(N)/C=C(\N)C(=O)NCc3cc(C(F)(F)F)ccn3)nn2)cc1. The zero-order chi connectivity index (χ0) is 32.5. The molecule has 1 atom stereocenters. The summed E-state index contributed by atoms with van der Waals surface area (Å²) in [6.45, 7) is 2.12. The van der Waals surface area contributed by atoms with E-state index in [2.05, 4.69) is 25.9 Å². The molecule has 2 aromatic heterocycles. The van der Waals surface area contributed by atoms with E-state index in [1.807, 2.05) is 0 Å². The lowest BCUT2D eigenvalue weighted by Gasteiger charge is -2.17. The van der Waals surface area contributed by atoms with Crippen LogP contribution in [-0.2, 0) is 30.6 Å². The van der Waals surface area contributed by atoms with Gasteiger partial charge in [-0.3, -0.25) is 19.3 Å². The summed E-state index contributed by atoms with van der Waals surface area (Å²) in [6, 6.07) is 8.10. The zero-order valence-electron chi connectivity index (χ0n) is 23.8. The van der Waals surface area contributed by atoms with Crippen molar-refractivity contribution in [2.24, 2.45) is 11.6 Å². The van der Waals surface area contributed by atoms with E-state index >= 15 is 0 Å². The lowest BCUT2D eigenvalue weighted by Crippen LogP contribution is -2.36. The molecule has 44 heavy (non-hydrogen) atoms. The number of ether oxygens (including phenoxy) is 1. The van der Waals surface area contributed by atoms with E-state index in [1.165, 1.54) is 24.7 Å². The molecule has 0 saturated carbocycles. The average Bonchev–Trinajstić information content (AvgIpc) is 3.42. The molecule has 0 radical (unpaired) electrons. The molecule has 1 unspecified atom stereocenters. The number of aromatic nitrogens is 4. The van der Waals surface area contributed by atoms with Crippen molar-refractivity contribution in [1.29, 1.82) is 0 Å². The maximum atomic E-state index is 14.5. The molecular formula is C27H32F5N9O3. The minimum atomic E-state index is -4.56. The number of nitrogens with zero attached hydrogens (tertiary/aromatic N) is 5. The van der Waals surface area contributed by atoms with Crippen molar-refractivity contribution in [2.75, 3.05) is 6.54 Å². The quantitative estimate of drug-likeness (QED) is 0.0912. The number of rotatable bonds is 14. The van der Waals surface area contributed by atoms with Crippen LogP contribution in [0.15, 0.2) is 60.7 Å². The van der Waals surface area contributed by atoms with E-state index in [1.54, 1.807) is 24.3 Å². The summed E-state index contributed by atoms with van der Waals surface area (Å²) < 4.78 is 73.0. The van der Waals surface area contributed by atoms with Gasteiger partial charge >= 0.3 is 6.18 Å². The predicted molar refractivity (Wildman–Crippen MR) is 147 cm³/mol. The van der Waals surface area contributed by atoms with Gasteiger partial charge in [-0.1, -0.05) is 17.3 Å². The molecule has 2 amide bonds. The van der Waals surface area contributed by atoms with Crippen LogP contribution in [0.2, 0.25) is 0 Å². The van der Waals surface area contributed by atoms with Crippen molar-refractivity contribution in [3.05, 3.63) is 83.2 Å². The van der Waals surface area contributed by atoms with Crippen LogP contribution in [0.3, 0.4) is 0 Å². The lowest BCUT2D eigenvalue weighted by atomic mass is 10.2. The normalized spacial score (nSPS) is 12.9. The summed E-state index contributed by atoms with van der Waals surface area (Å²) in [5.41, 5.74) is 5.07. The van der Waals surface area contributed by atoms with Crippen molar-refractivity contribution in [3.8, 4) is 5.75 Å². The van der Waals surface area contributed by atoms with Crippen molar-refractivity contribution in [1.82, 2.24) is 35.6 Å². The fraction of sp³-hybridized carbons (Fsp3) is 0.370. The highest BCUT2D eigenvalue weighted by Crippen LogP contribution is 2.29. The van der Waals surface area contributed by atoms with Gasteiger partial charge in [0.25, 0.3) is 11.8 Å². The zero-order valence-corrected chi connectivity index (χ0v) is 23.8. The molecule has 0 aliphatic carbocycles. The first-order valence-electron chi connectivity index (χ1n) is 13.2. The largest absolute Gasteiger partial charge is 0.459 e. The molecule has 0 aliphatic rings. The molecule has 1 aromatic carbocycles. The smallest absolute Gasteiger partial charge is 0.416 e. The summed E-state index contributed by atoms with van der Waals surface area (Å²) in [5.74, 6) is 2.90. The number of carbonyl (C=O) groups excluding carboxylic acids is 2. The molecule has 238 valence electrons. The Morgan fingerprint density at radius 3 is 2.48 bits per heavy atom. The average molecular weight is 626 g/mol. The summed E-state index contributed by atoms with van der Waals surface area (Å²) in [7, 11) is 0. The number of halogens is 5. The molecule has 3 aromatic rings. The van der Waals surface area contributed by atoms with Gasteiger partial charge in [-0.2, -0.15) is 17.6 Å². The van der Waals surface area contributed by atoms with Gasteiger partial charge in [0.1, 0.15) is 17.6 Å². The van der Waals surface area contributed by atoms with Gasteiger partial charge in [-0.25, -0.2) is 10.2 Å². The van der Waals surface area contributed by atoms with E-state index in [0.717, 1.165) is 35.1 Å². The molecule has 0 fully saturated rings. The van der Waals surface area contributed by atoms with E-state index in [0.29, 0.717) is 5.75 Å². The van der Waals surface area contributed by atoms with E-state index in [9.17, 15) is 31.5 Å². The Kier molecular flexibility index (Phi) is 11.2. The topological polar surface area (TPSA) is 166 Å². The first-order valence-corrected chi connectivity index (χ1v) is 13.2. The third kappa shape index (κ3) is 11.1. The number of benzene rings is 1. The molecule has 0 saturated heterocycles. The molecule has 3 rings (SSSR count). The van der Waals surface area contributed by atoms with Gasteiger partial charge in [0.15, 0.2) is 5.69 Å². The standard InChI is InChI=1S/C27H32F5N9O3/c1-26(2,29)44-21-5-3-17(4-6-21)12-36-25(43)23-16-41(39-38-23)10-8-19(28)14-40(34)15-22(33)24(42)37-13-20-11-18(7-9-35-20)27(30,31)32/h3-7,9,11,15-16,19H,8,10,12-14,33-34H2,1-2H3,(H,36,43)(H,37,42)/b22-15-. The van der Waals surface area contributed by atoms with E-state index < -0.39 is 41.3 Å². The lowest BCUT2D eigenvalue weighted by molar-refractivity contribution is -0.137. The highest BCUT2D eigenvalue weighted by Gasteiger charge is 2.30. The Morgan fingerprint density at radius 2 is 1.82 bits per heavy atom. The van der Waals surface area contributed by atoms with Crippen LogP contribution < -0.4 is 26.9 Å². The number of hydrogen-bond donors (Lipinski definition) is 4. The Labute approximate surface area is 249 Å². The molecule has 0 bridgehead atoms. The van der Waals surface area contributed by atoms with Crippen LogP contribution in [0.5, 0.6) is 5.75 Å². The van der Waals surface area contributed by atoms with Crippen LogP contribution >= 0.6 is 0 Å². The summed E-state index contributed by atoms with van der Waals surface area (Å²) in [4.78, 5) is 28.4. The van der Waals surface area contributed by atoms with Crippen molar-refractivity contribution in [3.63, 3.8) is 0 Å². The van der Waals surface area contributed by atoms with Crippen molar-refractivity contribution >= 4 is 11.8 Å². The Morgan fingerprint density at radius 1 is 1.11 bits per heavy atom. The third-order valence-electron chi connectivity index (χ3n) is 5.73. The Hall–Kier alpha value is -4.80. The molecule has 6 N–H and O–H groups in total. The minimum absolute atomic E-state index is 0.0158. The summed E-state index contributed by atoms with van der Waals surface area (Å²) in [5, 5.41) is 13.5. The van der Waals surface area contributed by atoms with Gasteiger partial charge in [-0.05, 0) is 29.8 Å². The van der Waals surface area contributed by atoms with Gasteiger partial charge in [-0.15, -0.1) is 5.10 Å². The number of nitrogens with two attached hydrogens (primary N) is 2. The van der Waals surface area contributed by atoms with E-state index in [4.69, 9.17) is 16.3 Å². The van der Waals surface area contributed by atoms with Crippen LogP contribution in [0.25, 0.3) is 0 Å².